The van der Waals surface area contributed by atoms with Gasteiger partial charge >= 0.3 is 5.97 Å². The van der Waals surface area contributed by atoms with Crippen molar-refractivity contribution in [2.24, 2.45) is 0 Å². The Labute approximate surface area is 99.1 Å². The van der Waals surface area contributed by atoms with Crippen molar-refractivity contribution in [1.82, 2.24) is 4.98 Å². The summed E-state index contributed by atoms with van der Waals surface area (Å²) in [5.74, 6) is -0.767. The molecule has 0 amide bonds. The topological polar surface area (TPSA) is 77.9 Å². The summed E-state index contributed by atoms with van der Waals surface area (Å²) in [5, 5.41) is 8.87. The van der Waals surface area contributed by atoms with E-state index in [1.54, 1.807) is 7.11 Å². The van der Waals surface area contributed by atoms with Gasteiger partial charge in [0, 0.05) is 19.5 Å². The van der Waals surface area contributed by atoms with Crippen molar-refractivity contribution in [1.29, 1.82) is 0 Å². The molecule has 0 fully saturated rings. The van der Waals surface area contributed by atoms with Crippen LogP contribution in [0.5, 0.6) is 5.75 Å². The number of ether oxygens (including phenoxy) is 3. The van der Waals surface area contributed by atoms with E-state index in [0.717, 1.165) is 0 Å². The number of aromatic nitrogens is 1. The van der Waals surface area contributed by atoms with Gasteiger partial charge in [-0.3, -0.25) is 4.98 Å². The lowest BCUT2D eigenvalue weighted by Gasteiger charge is -2.08. The average molecular weight is 241 g/mol. The molecule has 0 aliphatic carbocycles. The lowest BCUT2D eigenvalue weighted by molar-refractivity contribution is 0.0535. The molecule has 0 spiro atoms. The van der Waals surface area contributed by atoms with E-state index in [2.05, 4.69) is 4.98 Å². The van der Waals surface area contributed by atoms with Crippen LogP contribution in [0, 0.1) is 0 Å². The first-order valence-electron chi connectivity index (χ1n) is 5.12. The Morgan fingerprint density at radius 3 is 2.82 bits per heavy atom. The van der Waals surface area contributed by atoms with E-state index >= 15 is 0 Å². The molecule has 0 radical (unpaired) electrons. The molecule has 0 saturated heterocycles. The zero-order chi connectivity index (χ0) is 12.5. The second-order valence-corrected chi connectivity index (χ2v) is 3.13. The SMILES string of the molecule is COCCOCCOc1ccncc1C(=O)O. The summed E-state index contributed by atoms with van der Waals surface area (Å²) in [6.45, 7) is 1.68. The van der Waals surface area contributed by atoms with Crippen molar-refractivity contribution in [2.75, 3.05) is 33.5 Å². The van der Waals surface area contributed by atoms with Crippen molar-refractivity contribution in [3.05, 3.63) is 24.0 Å². The summed E-state index contributed by atoms with van der Waals surface area (Å²) in [6.07, 6.45) is 2.73. The van der Waals surface area contributed by atoms with E-state index < -0.39 is 5.97 Å². The third-order valence-electron chi connectivity index (χ3n) is 1.93. The van der Waals surface area contributed by atoms with E-state index in [9.17, 15) is 4.79 Å². The molecule has 6 nitrogen and oxygen atoms in total. The molecule has 1 N–H and O–H groups in total. The van der Waals surface area contributed by atoms with E-state index in [1.165, 1.54) is 18.5 Å². The van der Waals surface area contributed by atoms with Gasteiger partial charge in [-0.1, -0.05) is 0 Å². The molecule has 0 aliphatic heterocycles. The average Bonchev–Trinajstić information content (AvgIpc) is 2.34. The van der Waals surface area contributed by atoms with Crippen LogP contribution in [0.25, 0.3) is 0 Å². The fourth-order valence-electron chi connectivity index (χ4n) is 1.12. The fraction of sp³-hybridized carbons (Fsp3) is 0.455. The minimum Gasteiger partial charge on any atom is -0.490 e. The van der Waals surface area contributed by atoms with Crippen molar-refractivity contribution >= 4 is 5.97 Å². The first kappa shape index (κ1) is 13.4. The number of carbonyl (C=O) groups is 1. The highest BCUT2D eigenvalue weighted by Gasteiger charge is 2.10. The molecule has 0 saturated carbocycles. The summed E-state index contributed by atoms with van der Waals surface area (Å²) >= 11 is 0. The Hall–Kier alpha value is -1.66. The lowest BCUT2D eigenvalue weighted by atomic mass is 10.2. The van der Waals surface area contributed by atoms with Gasteiger partial charge in [0.1, 0.15) is 17.9 Å². The molecule has 1 rings (SSSR count). The fourth-order valence-corrected chi connectivity index (χ4v) is 1.12. The normalized spacial score (nSPS) is 10.2. The lowest BCUT2D eigenvalue weighted by Crippen LogP contribution is -2.11. The predicted molar refractivity (Wildman–Crippen MR) is 59.4 cm³/mol. The smallest absolute Gasteiger partial charge is 0.341 e. The van der Waals surface area contributed by atoms with Crippen LogP contribution >= 0.6 is 0 Å². The highest BCUT2D eigenvalue weighted by Crippen LogP contribution is 2.15. The third kappa shape index (κ3) is 4.80. The van der Waals surface area contributed by atoms with Crippen LogP contribution in [-0.2, 0) is 9.47 Å². The summed E-state index contributed by atoms with van der Waals surface area (Å²) in [4.78, 5) is 14.6. The van der Waals surface area contributed by atoms with Crippen LogP contribution in [0.4, 0.5) is 0 Å². The molecular formula is C11H15NO5. The van der Waals surface area contributed by atoms with E-state index in [1.807, 2.05) is 0 Å². The number of pyridine rings is 1. The molecule has 0 bridgehead atoms. The van der Waals surface area contributed by atoms with E-state index in [0.29, 0.717) is 25.6 Å². The molecular weight excluding hydrogens is 226 g/mol. The molecule has 0 unspecified atom stereocenters. The Kier molecular flexibility index (Phi) is 5.98. The van der Waals surface area contributed by atoms with Gasteiger partial charge in [-0.2, -0.15) is 0 Å². The molecule has 0 atom stereocenters. The predicted octanol–water partition coefficient (Wildman–Crippen LogP) is 0.822. The number of nitrogens with zero attached hydrogens (tertiary/aromatic N) is 1. The van der Waals surface area contributed by atoms with Gasteiger partial charge in [0.05, 0.1) is 19.8 Å². The van der Waals surface area contributed by atoms with Crippen LogP contribution in [-0.4, -0.2) is 49.6 Å². The maximum atomic E-state index is 10.8. The van der Waals surface area contributed by atoms with Crippen molar-refractivity contribution in [2.45, 2.75) is 0 Å². The van der Waals surface area contributed by atoms with Gasteiger partial charge in [-0.05, 0) is 6.07 Å². The minimum atomic E-state index is -1.06. The number of aromatic carboxylic acids is 1. The van der Waals surface area contributed by atoms with Crippen LogP contribution in [0.3, 0.4) is 0 Å². The Morgan fingerprint density at radius 1 is 1.35 bits per heavy atom. The second-order valence-electron chi connectivity index (χ2n) is 3.13. The molecule has 94 valence electrons. The molecule has 0 aliphatic rings. The Bertz CT molecular complexity index is 355. The van der Waals surface area contributed by atoms with Gasteiger partial charge in [-0.25, -0.2) is 4.79 Å². The second kappa shape index (κ2) is 7.59. The maximum Gasteiger partial charge on any atom is 0.341 e. The molecule has 1 aromatic heterocycles. The number of hydrogen-bond acceptors (Lipinski definition) is 5. The largest absolute Gasteiger partial charge is 0.490 e. The van der Waals surface area contributed by atoms with Gasteiger partial charge in [0.15, 0.2) is 0 Å². The van der Waals surface area contributed by atoms with Crippen LogP contribution in [0.1, 0.15) is 10.4 Å². The number of carboxylic acid groups (broad SMARTS) is 1. The highest BCUT2D eigenvalue weighted by atomic mass is 16.5. The number of rotatable bonds is 8. The Balaban J connectivity index is 2.34. The monoisotopic (exact) mass is 241 g/mol. The third-order valence-corrected chi connectivity index (χ3v) is 1.93. The van der Waals surface area contributed by atoms with Gasteiger partial charge in [0.25, 0.3) is 0 Å². The van der Waals surface area contributed by atoms with Crippen LogP contribution < -0.4 is 4.74 Å². The number of carboxylic acids is 1. The summed E-state index contributed by atoms with van der Waals surface area (Å²) < 4.78 is 15.3. The summed E-state index contributed by atoms with van der Waals surface area (Å²) in [6, 6.07) is 1.51. The molecule has 0 aromatic carbocycles. The van der Waals surface area contributed by atoms with Crippen molar-refractivity contribution in [3.63, 3.8) is 0 Å². The van der Waals surface area contributed by atoms with E-state index in [-0.39, 0.29) is 12.2 Å². The van der Waals surface area contributed by atoms with Gasteiger partial charge in [-0.15, -0.1) is 0 Å². The first-order valence-corrected chi connectivity index (χ1v) is 5.12. The van der Waals surface area contributed by atoms with Crippen LogP contribution in [0.15, 0.2) is 18.5 Å². The molecule has 17 heavy (non-hydrogen) atoms. The van der Waals surface area contributed by atoms with E-state index in [4.69, 9.17) is 19.3 Å². The zero-order valence-electron chi connectivity index (χ0n) is 9.59. The van der Waals surface area contributed by atoms with Gasteiger partial charge < -0.3 is 19.3 Å². The summed E-state index contributed by atoms with van der Waals surface area (Å²) in [7, 11) is 1.59. The first-order chi connectivity index (χ1) is 8.25. The zero-order valence-corrected chi connectivity index (χ0v) is 9.59. The number of hydrogen-bond donors (Lipinski definition) is 1. The highest BCUT2D eigenvalue weighted by molar-refractivity contribution is 5.90. The van der Waals surface area contributed by atoms with Crippen molar-refractivity contribution < 1.29 is 24.1 Å². The number of methoxy groups -OCH3 is 1. The molecule has 1 heterocycles. The maximum absolute atomic E-state index is 10.8. The molecule has 6 heteroatoms. The van der Waals surface area contributed by atoms with Crippen LogP contribution in [0.2, 0.25) is 0 Å². The quantitative estimate of drug-likeness (QED) is 0.679. The van der Waals surface area contributed by atoms with Gasteiger partial charge in [0.2, 0.25) is 0 Å². The van der Waals surface area contributed by atoms with Crippen molar-refractivity contribution in [3.8, 4) is 5.75 Å². The summed E-state index contributed by atoms with van der Waals surface area (Å²) in [5.41, 5.74) is 0.0457. The standard InChI is InChI=1S/C11H15NO5/c1-15-4-5-16-6-7-17-10-2-3-12-8-9(10)11(13)14/h2-3,8H,4-7H2,1H3,(H,13,14). The Morgan fingerprint density at radius 2 is 2.12 bits per heavy atom. The minimum absolute atomic E-state index is 0.0457. The molecule has 1 aromatic rings.